The molecule has 1 N–H and O–H groups in total. The third-order valence-corrected chi connectivity index (χ3v) is 6.84. The second-order valence-corrected chi connectivity index (χ2v) is 11.9. The van der Waals surface area contributed by atoms with Crippen molar-refractivity contribution in [1.29, 1.82) is 0 Å². The summed E-state index contributed by atoms with van der Waals surface area (Å²) in [6, 6.07) is 13.6. The minimum atomic E-state index is -3.86. The summed E-state index contributed by atoms with van der Waals surface area (Å²) in [6.07, 6.45) is -0.187. The molecule has 0 bridgehead atoms. The first kappa shape index (κ1) is 23.1. The van der Waals surface area contributed by atoms with Crippen molar-refractivity contribution in [2.75, 3.05) is 10.8 Å². The van der Waals surface area contributed by atoms with Crippen LogP contribution < -0.4 is 14.4 Å². The average Bonchev–Trinajstić information content (AvgIpc) is 2.65. The molecular weight excluding hydrogens is 412 g/mol. The van der Waals surface area contributed by atoms with Gasteiger partial charge in [0, 0.05) is 5.54 Å². The van der Waals surface area contributed by atoms with Crippen LogP contribution in [0.4, 0.5) is 5.69 Å². The summed E-state index contributed by atoms with van der Waals surface area (Å²) in [5.74, 6) is 0.0545. The van der Waals surface area contributed by atoms with Gasteiger partial charge in [-0.2, -0.15) is 0 Å². The van der Waals surface area contributed by atoms with E-state index in [2.05, 4.69) is 26.1 Å². The van der Waals surface area contributed by atoms with Gasteiger partial charge < -0.3 is 10.1 Å². The maximum Gasteiger partial charge on any atom is 0.264 e. The van der Waals surface area contributed by atoms with E-state index in [1.165, 1.54) is 4.31 Å². The summed E-state index contributed by atoms with van der Waals surface area (Å²) >= 11 is 0. The number of nitrogens with one attached hydrogen (secondary N) is 1. The highest BCUT2D eigenvalue weighted by Gasteiger charge is 2.39. The number of carbonyl (C=O) groups excluding carboxylic acids is 1. The van der Waals surface area contributed by atoms with Crippen molar-refractivity contribution in [1.82, 2.24) is 5.32 Å². The highest BCUT2D eigenvalue weighted by molar-refractivity contribution is 7.92. The number of aryl methyl sites for hydroxylation is 1. The number of rotatable bonds is 5. The molecule has 1 unspecified atom stereocenters. The van der Waals surface area contributed by atoms with Crippen molar-refractivity contribution < 1.29 is 17.9 Å². The fourth-order valence-corrected chi connectivity index (χ4v) is 5.72. The van der Waals surface area contributed by atoms with Gasteiger partial charge in [-0.15, -0.1) is 0 Å². The maximum absolute atomic E-state index is 13.4. The maximum atomic E-state index is 13.4. The predicted octanol–water partition coefficient (Wildman–Crippen LogP) is 4.28. The number of hydrogen-bond acceptors (Lipinski definition) is 4. The number of sulfonamides is 1. The third kappa shape index (κ3) is 5.39. The topological polar surface area (TPSA) is 75.7 Å². The minimum Gasteiger partial charge on any atom is -0.476 e. The molecule has 0 saturated heterocycles. The molecular formula is C24H32N2O4S. The predicted molar refractivity (Wildman–Crippen MR) is 123 cm³/mol. The Hall–Kier alpha value is -2.54. The summed E-state index contributed by atoms with van der Waals surface area (Å²) in [6.45, 7) is 12.1. The quantitative estimate of drug-likeness (QED) is 0.747. The lowest BCUT2D eigenvalue weighted by molar-refractivity contribution is -0.129. The van der Waals surface area contributed by atoms with Crippen molar-refractivity contribution in [2.24, 2.45) is 5.41 Å². The molecule has 0 fully saturated rings. The number of fused-ring (bicyclic) bond motifs is 1. The monoisotopic (exact) mass is 444 g/mol. The molecule has 1 atom stereocenters. The van der Waals surface area contributed by atoms with Gasteiger partial charge in [-0.05, 0) is 62.4 Å². The van der Waals surface area contributed by atoms with E-state index in [9.17, 15) is 13.2 Å². The number of carbonyl (C=O) groups is 1. The van der Waals surface area contributed by atoms with E-state index in [0.29, 0.717) is 11.4 Å². The van der Waals surface area contributed by atoms with Gasteiger partial charge in [-0.3, -0.25) is 9.10 Å². The Kier molecular flexibility index (Phi) is 6.11. The van der Waals surface area contributed by atoms with Gasteiger partial charge >= 0.3 is 0 Å². The van der Waals surface area contributed by atoms with Crippen LogP contribution in [0.25, 0.3) is 0 Å². The molecule has 31 heavy (non-hydrogen) atoms. The van der Waals surface area contributed by atoms with E-state index in [1.807, 2.05) is 26.8 Å². The Bertz CT molecular complexity index is 1060. The second-order valence-electron chi connectivity index (χ2n) is 10.0. The fraction of sp³-hybridized carbons (Fsp3) is 0.458. The van der Waals surface area contributed by atoms with Gasteiger partial charge in [0.1, 0.15) is 5.75 Å². The summed E-state index contributed by atoms with van der Waals surface area (Å²) in [4.78, 5) is 13.3. The Balaban J connectivity index is 1.94. The molecule has 1 aliphatic rings. The van der Waals surface area contributed by atoms with Crippen LogP contribution in [0.5, 0.6) is 5.75 Å². The Morgan fingerprint density at radius 1 is 1.10 bits per heavy atom. The van der Waals surface area contributed by atoms with E-state index in [4.69, 9.17) is 4.74 Å². The minimum absolute atomic E-state index is 0.0248. The average molecular weight is 445 g/mol. The molecule has 6 nitrogen and oxygen atoms in total. The summed E-state index contributed by atoms with van der Waals surface area (Å²) < 4.78 is 34.1. The SMILES string of the molecule is Cc1ccc2c(c1)N(S(=O)(=O)c1ccccc1)CC(C(=O)NC(C)(C)CC(C)(C)C)O2. The first-order chi connectivity index (χ1) is 14.3. The Morgan fingerprint density at radius 2 is 1.74 bits per heavy atom. The number of amides is 1. The lowest BCUT2D eigenvalue weighted by Gasteiger charge is -2.38. The van der Waals surface area contributed by atoms with E-state index in [-0.39, 0.29) is 22.8 Å². The summed E-state index contributed by atoms with van der Waals surface area (Å²) in [5, 5.41) is 3.05. The highest BCUT2D eigenvalue weighted by atomic mass is 32.2. The number of benzene rings is 2. The zero-order chi connectivity index (χ0) is 23.0. The molecule has 0 aliphatic carbocycles. The van der Waals surface area contributed by atoms with Crippen LogP contribution in [0.2, 0.25) is 0 Å². The third-order valence-electron chi connectivity index (χ3n) is 5.04. The van der Waals surface area contributed by atoms with Gasteiger partial charge in [0.15, 0.2) is 6.10 Å². The number of hydrogen-bond donors (Lipinski definition) is 1. The van der Waals surface area contributed by atoms with Gasteiger partial charge in [0.25, 0.3) is 15.9 Å². The van der Waals surface area contributed by atoms with Gasteiger partial charge in [-0.25, -0.2) is 8.42 Å². The number of ether oxygens (including phenoxy) is 1. The molecule has 0 aromatic heterocycles. The molecule has 1 aliphatic heterocycles. The number of nitrogens with zero attached hydrogens (tertiary/aromatic N) is 1. The van der Waals surface area contributed by atoms with E-state index in [0.717, 1.165) is 12.0 Å². The van der Waals surface area contributed by atoms with Gasteiger partial charge in [0.2, 0.25) is 0 Å². The van der Waals surface area contributed by atoms with E-state index in [1.54, 1.807) is 42.5 Å². The van der Waals surface area contributed by atoms with Crippen LogP contribution in [0.3, 0.4) is 0 Å². The first-order valence-corrected chi connectivity index (χ1v) is 11.9. The molecule has 168 valence electrons. The van der Waals surface area contributed by atoms with Crippen LogP contribution in [0.1, 0.15) is 46.6 Å². The standard InChI is InChI=1S/C24H32N2O4S/c1-17-12-13-20-19(14-17)26(31(28,29)18-10-8-7-9-11-18)15-21(30-20)22(27)25-24(5,6)16-23(2,3)4/h7-14,21H,15-16H2,1-6H3,(H,25,27). The molecule has 1 heterocycles. The van der Waals surface area contributed by atoms with Gasteiger partial charge in [0.05, 0.1) is 17.1 Å². The molecule has 2 aromatic carbocycles. The van der Waals surface area contributed by atoms with Crippen molar-refractivity contribution >= 4 is 21.6 Å². The molecule has 0 radical (unpaired) electrons. The number of anilines is 1. The molecule has 0 spiro atoms. The van der Waals surface area contributed by atoms with Crippen LogP contribution in [0.15, 0.2) is 53.4 Å². The highest BCUT2D eigenvalue weighted by Crippen LogP contribution is 2.38. The van der Waals surface area contributed by atoms with E-state index < -0.39 is 21.7 Å². The Labute approximate surface area is 185 Å². The largest absolute Gasteiger partial charge is 0.476 e. The van der Waals surface area contributed by atoms with Crippen LogP contribution in [-0.2, 0) is 14.8 Å². The van der Waals surface area contributed by atoms with Crippen molar-refractivity contribution in [3.63, 3.8) is 0 Å². The molecule has 2 aromatic rings. The van der Waals surface area contributed by atoms with E-state index >= 15 is 0 Å². The molecule has 0 saturated carbocycles. The first-order valence-electron chi connectivity index (χ1n) is 10.5. The Morgan fingerprint density at radius 3 is 2.35 bits per heavy atom. The van der Waals surface area contributed by atoms with Crippen molar-refractivity contribution in [2.45, 2.75) is 64.5 Å². The molecule has 7 heteroatoms. The fourth-order valence-electron chi connectivity index (χ4n) is 4.23. The van der Waals surface area contributed by atoms with Crippen LogP contribution in [0, 0.1) is 12.3 Å². The zero-order valence-corrected chi connectivity index (χ0v) is 19.9. The second kappa shape index (κ2) is 8.19. The van der Waals surface area contributed by atoms with Crippen molar-refractivity contribution in [3.8, 4) is 5.75 Å². The van der Waals surface area contributed by atoms with Crippen LogP contribution >= 0.6 is 0 Å². The molecule has 3 rings (SSSR count). The van der Waals surface area contributed by atoms with Crippen molar-refractivity contribution in [3.05, 3.63) is 54.1 Å². The lowest BCUT2D eigenvalue weighted by atomic mass is 9.81. The normalized spacial score (nSPS) is 17.0. The van der Waals surface area contributed by atoms with Gasteiger partial charge in [-0.1, -0.05) is 45.0 Å². The smallest absolute Gasteiger partial charge is 0.264 e. The zero-order valence-electron chi connectivity index (χ0n) is 19.1. The molecule has 1 amide bonds. The summed E-state index contributed by atoms with van der Waals surface area (Å²) in [7, 11) is -3.86. The van der Waals surface area contributed by atoms with Crippen LogP contribution in [-0.4, -0.2) is 32.5 Å². The summed E-state index contributed by atoms with van der Waals surface area (Å²) in [5.41, 5.74) is 0.915. The lowest BCUT2D eigenvalue weighted by Crippen LogP contribution is -2.55.